The highest BCUT2D eigenvalue weighted by Crippen LogP contribution is 2.08. The molecule has 18 heavy (non-hydrogen) atoms. The van der Waals surface area contributed by atoms with E-state index in [4.69, 9.17) is 0 Å². The molecule has 2 aromatic rings. The number of sulfonamides is 1. The lowest BCUT2D eigenvalue weighted by Crippen LogP contribution is -2.18. The fraction of sp³-hybridized carbons (Fsp3) is 0.154. The maximum absolute atomic E-state index is 11.8. The Bertz CT molecular complexity index is 583. The molecule has 1 aromatic heterocycles. The summed E-state index contributed by atoms with van der Waals surface area (Å²) >= 11 is 0. The van der Waals surface area contributed by atoms with Crippen LogP contribution >= 0.6 is 0 Å². The summed E-state index contributed by atoms with van der Waals surface area (Å²) in [6.45, 7) is 0. The van der Waals surface area contributed by atoms with Crippen molar-refractivity contribution in [3.05, 3.63) is 60.4 Å². The zero-order chi connectivity index (χ0) is 12.8. The van der Waals surface area contributed by atoms with Gasteiger partial charge < -0.3 is 0 Å². The molecule has 0 aliphatic heterocycles. The molecule has 0 atom stereocenters. The van der Waals surface area contributed by atoms with E-state index in [1.807, 2.05) is 30.3 Å². The number of anilines is 1. The topological polar surface area (TPSA) is 59.1 Å². The zero-order valence-corrected chi connectivity index (χ0v) is 10.6. The normalized spacial score (nSPS) is 11.1. The van der Waals surface area contributed by atoms with E-state index < -0.39 is 10.0 Å². The largest absolute Gasteiger partial charge is 0.282 e. The number of hydrogen-bond acceptors (Lipinski definition) is 3. The number of nitrogens with zero attached hydrogens (tertiary/aromatic N) is 1. The molecular formula is C13H14N2O2S. The molecule has 1 N–H and O–H groups in total. The summed E-state index contributed by atoms with van der Waals surface area (Å²) in [5, 5.41) is 0. The van der Waals surface area contributed by atoms with Gasteiger partial charge in [0.25, 0.3) is 0 Å². The molecule has 1 heterocycles. The molecule has 0 aliphatic carbocycles. The molecule has 0 spiro atoms. The molecule has 0 amide bonds. The number of aryl methyl sites for hydroxylation is 1. The number of hydrogen-bond donors (Lipinski definition) is 1. The lowest BCUT2D eigenvalue weighted by atomic mass is 10.2. The predicted molar refractivity (Wildman–Crippen MR) is 71.8 cm³/mol. The highest BCUT2D eigenvalue weighted by atomic mass is 32.2. The Balaban J connectivity index is 1.96. The maximum Gasteiger partial charge on any atom is 0.233 e. The lowest BCUT2D eigenvalue weighted by molar-refractivity contribution is 0.600. The Hall–Kier alpha value is -1.88. The van der Waals surface area contributed by atoms with Crippen molar-refractivity contribution in [2.45, 2.75) is 6.42 Å². The smallest absolute Gasteiger partial charge is 0.233 e. The van der Waals surface area contributed by atoms with Gasteiger partial charge in [0.2, 0.25) is 10.0 Å². The van der Waals surface area contributed by atoms with Gasteiger partial charge in [0.15, 0.2) is 0 Å². The number of pyridine rings is 1. The molecule has 0 unspecified atom stereocenters. The molecule has 0 bridgehead atoms. The van der Waals surface area contributed by atoms with E-state index in [1.54, 1.807) is 18.3 Å². The monoisotopic (exact) mass is 262 g/mol. The summed E-state index contributed by atoms with van der Waals surface area (Å²) in [4.78, 5) is 3.86. The highest BCUT2D eigenvalue weighted by Gasteiger charge is 2.10. The fourth-order valence-corrected chi connectivity index (χ4v) is 2.64. The van der Waals surface area contributed by atoms with Crippen molar-refractivity contribution in [3.8, 4) is 0 Å². The van der Waals surface area contributed by atoms with Gasteiger partial charge in [0.1, 0.15) is 0 Å². The second kappa shape index (κ2) is 5.64. The predicted octanol–water partition coefficient (Wildman–Crippen LogP) is 2.07. The van der Waals surface area contributed by atoms with E-state index >= 15 is 0 Å². The van der Waals surface area contributed by atoms with E-state index in [0.29, 0.717) is 12.1 Å². The Labute approximate surface area is 107 Å². The first-order valence-corrected chi connectivity index (χ1v) is 7.25. The Morgan fingerprint density at radius 2 is 1.83 bits per heavy atom. The number of aromatic nitrogens is 1. The molecular weight excluding hydrogens is 248 g/mol. The van der Waals surface area contributed by atoms with Crippen LogP contribution < -0.4 is 4.72 Å². The standard InChI is InChI=1S/C13H14N2O2S/c16-18(17,15-13-7-4-9-14-11-13)10-8-12-5-2-1-3-6-12/h1-7,9,11,15H,8,10H2. The first-order valence-electron chi connectivity index (χ1n) is 5.60. The molecule has 5 heteroatoms. The first-order chi connectivity index (χ1) is 8.66. The average molecular weight is 262 g/mol. The van der Waals surface area contributed by atoms with Crippen LogP contribution in [0.15, 0.2) is 54.9 Å². The molecule has 94 valence electrons. The van der Waals surface area contributed by atoms with E-state index in [9.17, 15) is 8.42 Å². The van der Waals surface area contributed by atoms with Crippen LogP contribution in [0.3, 0.4) is 0 Å². The molecule has 4 nitrogen and oxygen atoms in total. The minimum absolute atomic E-state index is 0.0614. The second-order valence-electron chi connectivity index (χ2n) is 3.90. The number of benzene rings is 1. The van der Waals surface area contributed by atoms with Crippen molar-refractivity contribution in [2.75, 3.05) is 10.5 Å². The Morgan fingerprint density at radius 1 is 1.06 bits per heavy atom. The number of rotatable bonds is 5. The molecule has 0 radical (unpaired) electrons. The van der Waals surface area contributed by atoms with Gasteiger partial charge in [-0.1, -0.05) is 30.3 Å². The van der Waals surface area contributed by atoms with Gasteiger partial charge >= 0.3 is 0 Å². The zero-order valence-electron chi connectivity index (χ0n) is 9.78. The minimum atomic E-state index is -3.32. The minimum Gasteiger partial charge on any atom is -0.282 e. The molecule has 0 fully saturated rings. The van der Waals surface area contributed by atoms with E-state index in [1.165, 1.54) is 6.20 Å². The molecule has 0 aliphatic rings. The first kappa shape index (κ1) is 12.6. The van der Waals surface area contributed by atoms with Crippen LogP contribution in [0.5, 0.6) is 0 Å². The van der Waals surface area contributed by atoms with Crippen LogP contribution in [0.1, 0.15) is 5.56 Å². The van der Waals surface area contributed by atoms with Gasteiger partial charge in [-0.2, -0.15) is 0 Å². The van der Waals surface area contributed by atoms with Crippen molar-refractivity contribution < 1.29 is 8.42 Å². The van der Waals surface area contributed by atoms with Gasteiger partial charge in [-0.05, 0) is 24.1 Å². The maximum atomic E-state index is 11.8. The Morgan fingerprint density at radius 3 is 2.50 bits per heavy atom. The van der Waals surface area contributed by atoms with E-state index in [2.05, 4.69) is 9.71 Å². The fourth-order valence-electron chi connectivity index (χ4n) is 1.55. The van der Waals surface area contributed by atoms with Gasteiger partial charge in [-0.25, -0.2) is 8.42 Å². The van der Waals surface area contributed by atoms with Crippen LogP contribution in [0.4, 0.5) is 5.69 Å². The summed E-state index contributed by atoms with van der Waals surface area (Å²) in [6.07, 6.45) is 3.58. The number of nitrogens with one attached hydrogen (secondary N) is 1. The second-order valence-corrected chi connectivity index (χ2v) is 5.74. The van der Waals surface area contributed by atoms with Gasteiger partial charge in [-0.3, -0.25) is 9.71 Å². The van der Waals surface area contributed by atoms with Crippen molar-refractivity contribution in [1.29, 1.82) is 0 Å². The van der Waals surface area contributed by atoms with Crippen LogP contribution in [-0.2, 0) is 16.4 Å². The van der Waals surface area contributed by atoms with Gasteiger partial charge in [0, 0.05) is 6.20 Å². The van der Waals surface area contributed by atoms with Crippen LogP contribution in [0, 0.1) is 0 Å². The molecule has 0 saturated heterocycles. The Kier molecular flexibility index (Phi) is 3.94. The quantitative estimate of drug-likeness (QED) is 0.897. The van der Waals surface area contributed by atoms with Crippen molar-refractivity contribution in [3.63, 3.8) is 0 Å². The highest BCUT2D eigenvalue weighted by molar-refractivity contribution is 7.92. The van der Waals surface area contributed by atoms with E-state index in [0.717, 1.165) is 5.56 Å². The van der Waals surface area contributed by atoms with Crippen LogP contribution in [-0.4, -0.2) is 19.2 Å². The average Bonchev–Trinajstić information content (AvgIpc) is 2.38. The van der Waals surface area contributed by atoms with Gasteiger partial charge in [0.05, 0.1) is 17.6 Å². The van der Waals surface area contributed by atoms with Crippen molar-refractivity contribution in [1.82, 2.24) is 4.98 Å². The van der Waals surface area contributed by atoms with Crippen LogP contribution in [0.2, 0.25) is 0 Å². The van der Waals surface area contributed by atoms with Crippen molar-refractivity contribution in [2.24, 2.45) is 0 Å². The molecule has 0 saturated carbocycles. The summed E-state index contributed by atoms with van der Waals surface area (Å²) in [5.41, 5.74) is 1.50. The molecule has 2 rings (SSSR count). The van der Waals surface area contributed by atoms with Crippen LogP contribution in [0.25, 0.3) is 0 Å². The summed E-state index contributed by atoms with van der Waals surface area (Å²) < 4.78 is 26.2. The summed E-state index contributed by atoms with van der Waals surface area (Å²) in [7, 11) is -3.32. The third-order valence-corrected chi connectivity index (χ3v) is 3.73. The summed E-state index contributed by atoms with van der Waals surface area (Å²) in [6, 6.07) is 12.9. The molecule has 1 aromatic carbocycles. The third-order valence-electron chi connectivity index (χ3n) is 2.44. The van der Waals surface area contributed by atoms with Gasteiger partial charge in [-0.15, -0.1) is 0 Å². The summed E-state index contributed by atoms with van der Waals surface area (Å²) in [5.74, 6) is 0.0614. The third kappa shape index (κ3) is 3.85. The van der Waals surface area contributed by atoms with Crippen molar-refractivity contribution >= 4 is 15.7 Å². The lowest BCUT2D eigenvalue weighted by Gasteiger charge is -2.07. The SMILES string of the molecule is O=S(=O)(CCc1ccccc1)Nc1cccnc1. The van der Waals surface area contributed by atoms with E-state index in [-0.39, 0.29) is 5.75 Å².